The highest BCUT2D eigenvalue weighted by Gasteiger charge is 2.60. The summed E-state index contributed by atoms with van der Waals surface area (Å²) < 4.78 is 59.0. The van der Waals surface area contributed by atoms with Crippen LogP contribution < -0.4 is 0 Å². The van der Waals surface area contributed by atoms with Crippen molar-refractivity contribution < 1.29 is 42.4 Å². The second kappa shape index (κ2) is 14.4. The van der Waals surface area contributed by atoms with Crippen LogP contribution in [0.3, 0.4) is 0 Å². The summed E-state index contributed by atoms with van der Waals surface area (Å²) in [6, 6.07) is 27.7. The maximum absolute atomic E-state index is 15.3. The molecule has 1 fully saturated rings. The van der Waals surface area contributed by atoms with E-state index >= 15 is 8.78 Å². The van der Waals surface area contributed by atoms with Gasteiger partial charge >= 0.3 is 11.9 Å². The Morgan fingerprint density at radius 2 is 1.27 bits per heavy atom. The molecule has 9 heteroatoms. The minimum absolute atomic E-state index is 0.0169. The molecular weight excluding hydrogens is 522 g/mol. The van der Waals surface area contributed by atoms with Gasteiger partial charge in [0.05, 0.1) is 33.0 Å². The predicted octanol–water partition coefficient (Wildman–Crippen LogP) is 4.70. The third-order valence-electron chi connectivity index (χ3n) is 6.53. The Morgan fingerprint density at radius 1 is 0.800 bits per heavy atom. The number of esters is 1. The zero-order chi connectivity index (χ0) is 28.4. The summed E-state index contributed by atoms with van der Waals surface area (Å²) in [7, 11) is 0. The molecule has 0 aromatic heterocycles. The van der Waals surface area contributed by atoms with E-state index in [-0.39, 0.29) is 33.0 Å². The van der Waals surface area contributed by atoms with Gasteiger partial charge in [0.25, 0.3) is 0 Å². The van der Waals surface area contributed by atoms with E-state index in [1.54, 1.807) is 0 Å². The Morgan fingerprint density at radius 3 is 1.77 bits per heavy atom. The normalized spacial score (nSPS) is 23.1. The summed E-state index contributed by atoms with van der Waals surface area (Å²) in [6.45, 7) is 1.35. The average molecular weight is 557 g/mol. The van der Waals surface area contributed by atoms with E-state index in [9.17, 15) is 9.90 Å². The quantitative estimate of drug-likeness (QED) is 0.306. The SMILES string of the molecule is CCOC(=O)C(F)(F)[C@H]1O[C@H](COCc2ccccc2)[C@@H](OCc2ccccc2)[C@H](OCc2ccccc2)[C@@H]1O. The van der Waals surface area contributed by atoms with Crippen LogP contribution >= 0.6 is 0 Å². The van der Waals surface area contributed by atoms with Crippen molar-refractivity contribution in [3.63, 3.8) is 0 Å². The van der Waals surface area contributed by atoms with Crippen LogP contribution in [0.4, 0.5) is 8.78 Å². The van der Waals surface area contributed by atoms with Crippen LogP contribution in [0.5, 0.6) is 0 Å². The Labute approximate surface area is 232 Å². The van der Waals surface area contributed by atoms with Crippen molar-refractivity contribution in [2.75, 3.05) is 13.2 Å². The van der Waals surface area contributed by atoms with Gasteiger partial charge in [0.2, 0.25) is 0 Å². The monoisotopic (exact) mass is 556 g/mol. The lowest BCUT2D eigenvalue weighted by atomic mass is 9.91. The summed E-state index contributed by atoms with van der Waals surface area (Å²) in [6.07, 6.45) is -7.51. The van der Waals surface area contributed by atoms with Crippen LogP contribution in [0, 0.1) is 0 Å². The van der Waals surface area contributed by atoms with E-state index in [0.29, 0.717) is 0 Å². The maximum Gasteiger partial charge on any atom is 0.379 e. The molecule has 1 heterocycles. The van der Waals surface area contributed by atoms with Crippen LogP contribution in [-0.2, 0) is 48.3 Å². The number of alkyl halides is 2. The largest absolute Gasteiger partial charge is 0.461 e. The van der Waals surface area contributed by atoms with E-state index < -0.39 is 42.4 Å². The fourth-order valence-corrected chi connectivity index (χ4v) is 4.50. The number of benzene rings is 3. The van der Waals surface area contributed by atoms with Gasteiger partial charge in [-0.3, -0.25) is 0 Å². The molecule has 0 saturated carbocycles. The van der Waals surface area contributed by atoms with Crippen molar-refractivity contribution in [3.8, 4) is 0 Å². The lowest BCUT2D eigenvalue weighted by Crippen LogP contribution is -2.66. The van der Waals surface area contributed by atoms with Crippen LogP contribution in [0.15, 0.2) is 91.0 Å². The molecule has 0 amide bonds. The number of halogens is 2. The number of ether oxygens (including phenoxy) is 5. The molecule has 7 nitrogen and oxygen atoms in total. The lowest BCUT2D eigenvalue weighted by molar-refractivity contribution is -0.298. The average Bonchev–Trinajstić information content (AvgIpc) is 2.98. The van der Waals surface area contributed by atoms with Gasteiger partial charge in [0.15, 0.2) is 6.10 Å². The second-order valence-electron chi connectivity index (χ2n) is 9.45. The number of rotatable bonds is 13. The van der Waals surface area contributed by atoms with Gasteiger partial charge in [-0.2, -0.15) is 8.78 Å². The van der Waals surface area contributed by atoms with Crippen LogP contribution in [-0.4, -0.2) is 60.7 Å². The molecular formula is C31H34F2O7. The van der Waals surface area contributed by atoms with Gasteiger partial charge in [0.1, 0.15) is 24.4 Å². The molecule has 0 aliphatic carbocycles. The number of aliphatic hydroxyl groups excluding tert-OH is 1. The highest BCUT2D eigenvalue weighted by molar-refractivity contribution is 5.78. The molecule has 3 aromatic rings. The highest BCUT2D eigenvalue weighted by atomic mass is 19.3. The van der Waals surface area contributed by atoms with E-state index in [2.05, 4.69) is 4.74 Å². The van der Waals surface area contributed by atoms with Gasteiger partial charge in [-0.15, -0.1) is 0 Å². The summed E-state index contributed by atoms with van der Waals surface area (Å²) in [5.41, 5.74) is 2.49. The molecule has 0 radical (unpaired) electrons. The minimum atomic E-state index is -4.15. The predicted molar refractivity (Wildman–Crippen MR) is 142 cm³/mol. The van der Waals surface area contributed by atoms with Crippen molar-refractivity contribution in [1.82, 2.24) is 0 Å². The first kappa shape index (κ1) is 29.8. The molecule has 1 saturated heterocycles. The van der Waals surface area contributed by atoms with E-state index in [4.69, 9.17) is 18.9 Å². The first-order valence-corrected chi connectivity index (χ1v) is 13.2. The third kappa shape index (κ3) is 7.71. The topological polar surface area (TPSA) is 83.5 Å². The molecule has 1 N–H and O–H groups in total. The van der Waals surface area contributed by atoms with E-state index in [1.165, 1.54) is 6.92 Å². The summed E-state index contributed by atoms with van der Waals surface area (Å²) in [4.78, 5) is 12.2. The van der Waals surface area contributed by atoms with Crippen molar-refractivity contribution in [3.05, 3.63) is 108 Å². The van der Waals surface area contributed by atoms with E-state index in [0.717, 1.165) is 16.7 Å². The molecule has 214 valence electrons. The maximum atomic E-state index is 15.3. The number of hydrogen-bond acceptors (Lipinski definition) is 7. The van der Waals surface area contributed by atoms with Crippen molar-refractivity contribution in [2.45, 2.75) is 63.2 Å². The smallest absolute Gasteiger partial charge is 0.379 e. The van der Waals surface area contributed by atoms with Crippen LogP contribution in [0.2, 0.25) is 0 Å². The molecule has 0 spiro atoms. The second-order valence-corrected chi connectivity index (χ2v) is 9.45. The van der Waals surface area contributed by atoms with Gasteiger partial charge in [0, 0.05) is 0 Å². The Balaban J connectivity index is 1.60. The fourth-order valence-electron chi connectivity index (χ4n) is 4.50. The highest BCUT2D eigenvalue weighted by Crippen LogP contribution is 2.36. The summed E-state index contributed by atoms with van der Waals surface area (Å²) in [5.74, 6) is -5.93. The van der Waals surface area contributed by atoms with Crippen molar-refractivity contribution in [1.29, 1.82) is 0 Å². The summed E-state index contributed by atoms with van der Waals surface area (Å²) in [5, 5.41) is 11.2. The molecule has 0 bridgehead atoms. The molecule has 1 aliphatic rings. The molecule has 1 aliphatic heterocycles. The number of carbonyl (C=O) groups is 1. The van der Waals surface area contributed by atoms with Crippen LogP contribution in [0.1, 0.15) is 23.6 Å². The molecule has 3 aromatic carbocycles. The first-order chi connectivity index (χ1) is 19.4. The van der Waals surface area contributed by atoms with Gasteiger partial charge in [-0.05, 0) is 23.6 Å². The van der Waals surface area contributed by atoms with Crippen LogP contribution in [0.25, 0.3) is 0 Å². The molecule has 40 heavy (non-hydrogen) atoms. The lowest BCUT2D eigenvalue weighted by Gasteiger charge is -2.45. The Bertz CT molecular complexity index is 1160. The van der Waals surface area contributed by atoms with E-state index in [1.807, 2.05) is 91.0 Å². The number of aliphatic hydroxyl groups is 1. The fraction of sp³-hybridized carbons (Fsp3) is 0.387. The number of carbonyl (C=O) groups excluding carboxylic acids is 1. The zero-order valence-electron chi connectivity index (χ0n) is 22.2. The molecule has 4 rings (SSSR count). The van der Waals surface area contributed by atoms with Gasteiger partial charge in [-0.25, -0.2) is 4.79 Å². The third-order valence-corrected chi connectivity index (χ3v) is 6.53. The van der Waals surface area contributed by atoms with Crippen molar-refractivity contribution >= 4 is 5.97 Å². The molecule has 5 atom stereocenters. The molecule has 0 unspecified atom stereocenters. The van der Waals surface area contributed by atoms with Crippen molar-refractivity contribution in [2.24, 2.45) is 0 Å². The van der Waals surface area contributed by atoms with Gasteiger partial charge < -0.3 is 28.8 Å². The standard InChI is InChI=1S/C31H34F2O7/c1-2-37-30(35)31(32,33)29-26(34)28(39-20-24-16-10-5-11-17-24)27(38-19-23-14-8-4-9-15-23)25(40-29)21-36-18-22-12-6-3-7-13-22/h3-17,25-29,34H,2,18-21H2,1H3/t25-,26+,27-,28-,29+/m1/s1. The number of hydrogen-bond donors (Lipinski definition) is 1. The van der Waals surface area contributed by atoms with Gasteiger partial charge in [-0.1, -0.05) is 91.0 Å². The minimum Gasteiger partial charge on any atom is -0.461 e. The zero-order valence-corrected chi connectivity index (χ0v) is 22.2. The Kier molecular flexibility index (Phi) is 10.7. The first-order valence-electron chi connectivity index (χ1n) is 13.2. The summed E-state index contributed by atoms with van der Waals surface area (Å²) >= 11 is 0. The Hall–Kier alpha value is -3.21.